The van der Waals surface area contributed by atoms with Crippen LogP contribution in [0.15, 0.2) is 59.4 Å². The van der Waals surface area contributed by atoms with E-state index in [1.165, 1.54) is 49.4 Å². The standard InChI is InChI=1S/C23H21F3N4O3/c1-13(2)27-21(32)15-8-10-16(11-9-15)28-22(33)20-19(31)12-14(3)30(29-20)18-7-5-4-6-17(18)23(24,25)26/h4-13H,1-3H3,(H,27,32)(H,28,33). The number of halogens is 3. The number of carbonyl (C=O) groups is 2. The van der Waals surface area contributed by atoms with Crippen molar-refractivity contribution >= 4 is 17.5 Å². The zero-order valence-corrected chi connectivity index (χ0v) is 18.0. The molecule has 0 aliphatic carbocycles. The van der Waals surface area contributed by atoms with Gasteiger partial charge in [-0.15, -0.1) is 0 Å². The summed E-state index contributed by atoms with van der Waals surface area (Å²) in [7, 11) is 0. The van der Waals surface area contributed by atoms with Crippen LogP contribution in [0.25, 0.3) is 5.69 Å². The van der Waals surface area contributed by atoms with E-state index in [4.69, 9.17) is 0 Å². The van der Waals surface area contributed by atoms with Crippen LogP contribution < -0.4 is 16.1 Å². The first-order chi connectivity index (χ1) is 15.5. The highest BCUT2D eigenvalue weighted by Gasteiger charge is 2.34. The molecule has 33 heavy (non-hydrogen) atoms. The Morgan fingerprint density at radius 3 is 2.24 bits per heavy atom. The van der Waals surface area contributed by atoms with Crippen molar-refractivity contribution in [2.24, 2.45) is 0 Å². The minimum atomic E-state index is -4.65. The normalized spacial score (nSPS) is 11.4. The van der Waals surface area contributed by atoms with Gasteiger partial charge in [-0.2, -0.15) is 18.3 Å². The summed E-state index contributed by atoms with van der Waals surface area (Å²) in [5.74, 6) is -1.17. The number of carbonyl (C=O) groups excluding carboxylic acids is 2. The molecule has 0 fully saturated rings. The molecule has 0 aliphatic rings. The van der Waals surface area contributed by atoms with E-state index in [1.54, 1.807) is 0 Å². The summed E-state index contributed by atoms with van der Waals surface area (Å²) >= 11 is 0. The lowest BCUT2D eigenvalue weighted by Crippen LogP contribution is -2.30. The zero-order chi connectivity index (χ0) is 24.3. The molecule has 172 valence electrons. The first kappa shape index (κ1) is 23.7. The van der Waals surface area contributed by atoms with Crippen LogP contribution >= 0.6 is 0 Å². The van der Waals surface area contributed by atoms with E-state index in [1.807, 2.05) is 13.8 Å². The Morgan fingerprint density at radius 2 is 1.64 bits per heavy atom. The molecule has 0 spiro atoms. The van der Waals surface area contributed by atoms with Crippen molar-refractivity contribution in [3.05, 3.63) is 87.3 Å². The third-order valence-electron chi connectivity index (χ3n) is 4.58. The van der Waals surface area contributed by atoms with E-state index >= 15 is 0 Å². The predicted octanol–water partition coefficient (Wildman–Crippen LogP) is 3.95. The third-order valence-corrected chi connectivity index (χ3v) is 4.58. The minimum Gasteiger partial charge on any atom is -0.350 e. The van der Waals surface area contributed by atoms with Gasteiger partial charge in [-0.25, -0.2) is 4.68 Å². The number of amides is 2. The highest BCUT2D eigenvalue weighted by atomic mass is 19.4. The summed E-state index contributed by atoms with van der Waals surface area (Å²) < 4.78 is 41.2. The maximum absolute atomic E-state index is 13.4. The molecule has 2 aromatic carbocycles. The van der Waals surface area contributed by atoms with Gasteiger partial charge in [0.05, 0.1) is 11.3 Å². The van der Waals surface area contributed by atoms with E-state index in [0.29, 0.717) is 5.56 Å². The molecule has 0 saturated heterocycles. The fourth-order valence-corrected chi connectivity index (χ4v) is 3.09. The van der Waals surface area contributed by atoms with Crippen molar-refractivity contribution in [3.8, 4) is 5.69 Å². The van der Waals surface area contributed by atoms with E-state index in [0.717, 1.165) is 16.8 Å². The Morgan fingerprint density at radius 1 is 1.00 bits per heavy atom. The number of nitrogens with one attached hydrogen (secondary N) is 2. The second-order valence-electron chi connectivity index (χ2n) is 7.58. The minimum absolute atomic E-state index is 0.0471. The topological polar surface area (TPSA) is 93.1 Å². The zero-order valence-electron chi connectivity index (χ0n) is 18.0. The maximum Gasteiger partial charge on any atom is 0.418 e. The molecular formula is C23H21F3N4O3. The van der Waals surface area contributed by atoms with E-state index in [2.05, 4.69) is 15.7 Å². The summed E-state index contributed by atoms with van der Waals surface area (Å²) in [6.07, 6.45) is -4.65. The molecule has 0 atom stereocenters. The Kier molecular flexibility index (Phi) is 6.66. The number of nitrogens with zero attached hydrogens (tertiary/aromatic N) is 2. The molecule has 2 amide bonds. The lowest BCUT2D eigenvalue weighted by Gasteiger charge is -2.16. The summed E-state index contributed by atoms with van der Waals surface area (Å²) in [6, 6.07) is 11.7. The predicted molar refractivity (Wildman–Crippen MR) is 117 cm³/mol. The van der Waals surface area contributed by atoms with Crippen LogP contribution in [0.1, 0.15) is 46.0 Å². The van der Waals surface area contributed by atoms with Crippen molar-refractivity contribution in [3.63, 3.8) is 0 Å². The highest BCUT2D eigenvalue weighted by Crippen LogP contribution is 2.33. The molecule has 0 unspecified atom stereocenters. The Labute approximate surface area is 187 Å². The van der Waals surface area contributed by atoms with Crippen LogP contribution in [0.3, 0.4) is 0 Å². The molecule has 0 bridgehead atoms. The molecule has 1 heterocycles. The quantitative estimate of drug-likeness (QED) is 0.606. The number of alkyl halides is 3. The number of aromatic nitrogens is 2. The van der Waals surface area contributed by atoms with Crippen LogP contribution in [-0.4, -0.2) is 27.6 Å². The van der Waals surface area contributed by atoms with Gasteiger partial charge in [0.25, 0.3) is 11.8 Å². The van der Waals surface area contributed by atoms with Crippen molar-refractivity contribution in [2.75, 3.05) is 5.32 Å². The fraction of sp³-hybridized carbons (Fsp3) is 0.217. The second kappa shape index (κ2) is 9.27. The number of benzene rings is 2. The average molecular weight is 458 g/mol. The molecule has 10 heteroatoms. The van der Waals surface area contributed by atoms with Gasteiger partial charge < -0.3 is 10.6 Å². The third kappa shape index (κ3) is 5.46. The van der Waals surface area contributed by atoms with Gasteiger partial charge in [0.1, 0.15) is 0 Å². The monoisotopic (exact) mass is 458 g/mol. The molecular weight excluding hydrogens is 437 g/mol. The van der Waals surface area contributed by atoms with Crippen LogP contribution in [0.2, 0.25) is 0 Å². The SMILES string of the molecule is Cc1cc(=O)c(C(=O)Nc2ccc(C(=O)NC(C)C)cc2)nn1-c1ccccc1C(F)(F)F. The first-order valence-corrected chi connectivity index (χ1v) is 9.97. The smallest absolute Gasteiger partial charge is 0.350 e. The number of hydrogen-bond acceptors (Lipinski definition) is 4. The summed E-state index contributed by atoms with van der Waals surface area (Å²) in [5, 5.41) is 9.13. The fourth-order valence-electron chi connectivity index (χ4n) is 3.09. The van der Waals surface area contributed by atoms with Gasteiger partial charge in [-0.3, -0.25) is 14.4 Å². The molecule has 3 rings (SSSR count). The highest BCUT2D eigenvalue weighted by molar-refractivity contribution is 6.03. The van der Waals surface area contributed by atoms with Gasteiger partial charge in [0, 0.05) is 29.1 Å². The Hall–Kier alpha value is -3.95. The van der Waals surface area contributed by atoms with Gasteiger partial charge in [-0.1, -0.05) is 12.1 Å². The van der Waals surface area contributed by atoms with Crippen molar-refractivity contribution in [1.29, 1.82) is 0 Å². The maximum atomic E-state index is 13.4. The molecule has 0 radical (unpaired) electrons. The van der Waals surface area contributed by atoms with E-state index in [9.17, 15) is 27.6 Å². The summed E-state index contributed by atoms with van der Waals surface area (Å²) in [5.41, 5.74) is -1.78. The lowest BCUT2D eigenvalue weighted by atomic mass is 10.1. The van der Waals surface area contributed by atoms with Crippen molar-refractivity contribution in [1.82, 2.24) is 15.1 Å². The molecule has 1 aromatic heterocycles. The van der Waals surface area contributed by atoms with E-state index < -0.39 is 28.8 Å². The summed E-state index contributed by atoms with van der Waals surface area (Å²) in [4.78, 5) is 37.1. The van der Waals surface area contributed by atoms with Crippen LogP contribution in [0.4, 0.5) is 18.9 Å². The largest absolute Gasteiger partial charge is 0.418 e. The summed E-state index contributed by atoms with van der Waals surface area (Å²) in [6.45, 7) is 5.06. The number of rotatable bonds is 5. The number of anilines is 1. The first-order valence-electron chi connectivity index (χ1n) is 9.97. The van der Waals surface area contributed by atoms with Gasteiger partial charge in [0.2, 0.25) is 5.43 Å². The van der Waals surface area contributed by atoms with Crippen molar-refractivity contribution < 1.29 is 22.8 Å². The van der Waals surface area contributed by atoms with Crippen LogP contribution in [0, 0.1) is 6.92 Å². The molecule has 2 N–H and O–H groups in total. The Bertz CT molecular complexity index is 1250. The number of hydrogen-bond donors (Lipinski definition) is 2. The molecule has 0 saturated carbocycles. The van der Waals surface area contributed by atoms with Crippen LogP contribution in [-0.2, 0) is 6.18 Å². The second-order valence-corrected chi connectivity index (χ2v) is 7.58. The van der Waals surface area contributed by atoms with Gasteiger partial charge >= 0.3 is 6.18 Å². The van der Waals surface area contributed by atoms with Crippen LogP contribution in [0.5, 0.6) is 0 Å². The lowest BCUT2D eigenvalue weighted by molar-refractivity contribution is -0.137. The average Bonchev–Trinajstić information content (AvgIpc) is 2.73. The van der Waals surface area contributed by atoms with Crippen molar-refractivity contribution in [2.45, 2.75) is 33.0 Å². The molecule has 3 aromatic rings. The van der Waals surface area contributed by atoms with Gasteiger partial charge in [-0.05, 0) is 57.2 Å². The number of para-hydroxylation sites is 1. The van der Waals surface area contributed by atoms with Gasteiger partial charge in [0.15, 0.2) is 5.69 Å². The van der Waals surface area contributed by atoms with E-state index in [-0.39, 0.29) is 29.0 Å². The number of aryl methyl sites for hydroxylation is 1. The molecule has 0 aliphatic heterocycles. The molecule has 7 nitrogen and oxygen atoms in total. The Balaban J connectivity index is 1.92.